The minimum absolute atomic E-state index is 0.00158. The molecule has 6 aliphatic rings. The summed E-state index contributed by atoms with van der Waals surface area (Å²) in [6.45, 7) is 23.2. The molecule has 0 spiro atoms. The number of carbonyl (C=O) groups excluding carboxylic acids is 2. The first kappa shape index (κ1) is 33.0. The van der Waals surface area contributed by atoms with Gasteiger partial charge in [-0.15, -0.1) is 0 Å². The van der Waals surface area contributed by atoms with Crippen LogP contribution in [-0.2, 0) is 14.3 Å². The number of fused-ring (bicyclic) bond motifs is 7. The van der Waals surface area contributed by atoms with Crippen molar-refractivity contribution >= 4 is 11.9 Å². The number of allylic oxidation sites excluding steroid dienone is 2. The lowest BCUT2D eigenvalue weighted by Crippen LogP contribution is -2.66. The molecular formula is C39H61N3O3. The maximum Gasteiger partial charge on any atom is 0.302 e. The summed E-state index contributed by atoms with van der Waals surface area (Å²) in [5, 5.41) is 9.05. The second-order valence-corrected chi connectivity index (χ2v) is 18.4. The van der Waals surface area contributed by atoms with E-state index in [9.17, 15) is 9.59 Å². The summed E-state index contributed by atoms with van der Waals surface area (Å²) in [5.74, 6) is 1.73. The van der Waals surface area contributed by atoms with E-state index in [4.69, 9.17) is 10.00 Å². The fraction of sp³-hybridized carbons (Fsp3) is 0.872. The molecule has 45 heavy (non-hydrogen) atoms. The van der Waals surface area contributed by atoms with E-state index in [0.29, 0.717) is 30.1 Å². The van der Waals surface area contributed by atoms with E-state index in [0.717, 1.165) is 84.1 Å². The highest BCUT2D eigenvalue weighted by Gasteiger charge is 2.69. The Balaban J connectivity index is 1.32. The van der Waals surface area contributed by atoms with Gasteiger partial charge >= 0.3 is 5.97 Å². The Bertz CT molecular complexity index is 1270. The van der Waals surface area contributed by atoms with Crippen molar-refractivity contribution in [1.82, 2.24) is 9.80 Å². The third-order valence-electron chi connectivity index (χ3n) is 15.5. The van der Waals surface area contributed by atoms with Gasteiger partial charge in [0.1, 0.15) is 6.10 Å². The SMILES string of the molecule is CC(=O)O[C@H]1CC[C@]2(C)[C@H]3CC=C4[C@@H]5CC(C)(C)CC[C@]5(C(=O)N5CCN(CCC#N)CC5)CC[C@@]4(C)[C@]3(C)CC[C@H]2C1(C)C. The molecule has 1 amide bonds. The van der Waals surface area contributed by atoms with Crippen LogP contribution >= 0.6 is 0 Å². The van der Waals surface area contributed by atoms with Crippen LogP contribution in [0, 0.1) is 61.6 Å². The molecule has 6 heteroatoms. The molecule has 5 fully saturated rings. The van der Waals surface area contributed by atoms with Gasteiger partial charge in [-0.2, -0.15) is 5.26 Å². The Morgan fingerprint density at radius 1 is 0.911 bits per heavy atom. The van der Waals surface area contributed by atoms with Crippen molar-refractivity contribution in [2.24, 2.45) is 50.2 Å². The molecule has 6 rings (SSSR count). The van der Waals surface area contributed by atoms with Crippen molar-refractivity contribution in [3.63, 3.8) is 0 Å². The predicted octanol–water partition coefficient (Wildman–Crippen LogP) is 7.78. The third kappa shape index (κ3) is 4.95. The number of hydrogen-bond donors (Lipinski definition) is 0. The fourth-order valence-corrected chi connectivity index (χ4v) is 12.7. The summed E-state index contributed by atoms with van der Waals surface area (Å²) in [6.07, 6.45) is 14.2. The summed E-state index contributed by atoms with van der Waals surface area (Å²) in [4.78, 5) is 31.4. The van der Waals surface area contributed by atoms with Crippen molar-refractivity contribution in [2.75, 3.05) is 32.7 Å². The van der Waals surface area contributed by atoms with Crippen molar-refractivity contribution in [3.05, 3.63) is 11.6 Å². The normalized spacial score (nSPS) is 43.8. The summed E-state index contributed by atoms with van der Waals surface area (Å²) in [7, 11) is 0. The van der Waals surface area contributed by atoms with Crippen molar-refractivity contribution in [3.8, 4) is 6.07 Å². The average Bonchev–Trinajstić information content (AvgIpc) is 2.97. The Kier molecular flexibility index (Phi) is 8.15. The van der Waals surface area contributed by atoms with Crippen molar-refractivity contribution in [1.29, 1.82) is 5.26 Å². The summed E-state index contributed by atoms with van der Waals surface area (Å²) in [5.41, 5.74) is 2.06. The smallest absolute Gasteiger partial charge is 0.302 e. The number of hydrogen-bond acceptors (Lipinski definition) is 5. The van der Waals surface area contributed by atoms with Gasteiger partial charge in [0.25, 0.3) is 0 Å². The summed E-state index contributed by atoms with van der Waals surface area (Å²) in [6, 6.07) is 2.28. The molecule has 0 unspecified atom stereocenters. The van der Waals surface area contributed by atoms with Crippen LogP contribution in [0.25, 0.3) is 0 Å². The number of ether oxygens (including phenoxy) is 1. The van der Waals surface area contributed by atoms with Gasteiger partial charge in [-0.1, -0.05) is 60.1 Å². The van der Waals surface area contributed by atoms with Crippen molar-refractivity contribution in [2.45, 2.75) is 132 Å². The summed E-state index contributed by atoms with van der Waals surface area (Å²) >= 11 is 0. The number of piperazine rings is 1. The molecular weight excluding hydrogens is 558 g/mol. The second-order valence-electron chi connectivity index (χ2n) is 18.4. The van der Waals surface area contributed by atoms with Crippen molar-refractivity contribution < 1.29 is 14.3 Å². The van der Waals surface area contributed by atoms with E-state index >= 15 is 0 Å². The zero-order valence-electron chi connectivity index (χ0n) is 29.8. The average molecular weight is 620 g/mol. The topological polar surface area (TPSA) is 73.6 Å². The highest BCUT2D eigenvalue weighted by molar-refractivity contribution is 5.84. The first-order chi connectivity index (χ1) is 21.0. The molecule has 1 aliphatic heterocycles. The zero-order chi connectivity index (χ0) is 32.6. The minimum atomic E-state index is -0.274. The quantitative estimate of drug-likeness (QED) is 0.237. The van der Waals surface area contributed by atoms with Gasteiger partial charge in [-0.25, -0.2) is 0 Å². The van der Waals surface area contributed by atoms with Crippen LogP contribution in [0.15, 0.2) is 11.6 Å². The van der Waals surface area contributed by atoms with Gasteiger partial charge < -0.3 is 9.64 Å². The maximum atomic E-state index is 14.8. The molecule has 5 aliphatic carbocycles. The fourth-order valence-electron chi connectivity index (χ4n) is 12.7. The standard InChI is InChI=1S/C39H61N3O3/c1-27(43)45-32-13-14-36(6)30(35(32,4)5)12-15-38(8)31(36)11-10-28-29-26-34(2,3)16-18-39(29,19-17-37(28,38)7)33(44)42-24-22-41(23-25-42)21-9-20-40/h10,29-32H,9,11-19,21-26H2,1-8H3/t29-,30-,31+,32-,36-,37+,38+,39-/m0/s1. The van der Waals surface area contributed by atoms with Gasteiger partial charge in [-0.3, -0.25) is 14.5 Å². The number of esters is 1. The molecule has 6 nitrogen and oxygen atoms in total. The zero-order valence-corrected chi connectivity index (χ0v) is 29.8. The number of amides is 1. The van der Waals surface area contributed by atoms with Crippen LogP contribution in [0.5, 0.6) is 0 Å². The second kappa shape index (κ2) is 11.1. The molecule has 0 N–H and O–H groups in total. The Morgan fingerprint density at radius 2 is 1.60 bits per heavy atom. The van der Waals surface area contributed by atoms with E-state index in [-0.39, 0.29) is 44.6 Å². The Labute approximate surface area is 273 Å². The van der Waals surface area contributed by atoms with Gasteiger partial charge in [-0.05, 0) is 104 Å². The molecule has 1 saturated heterocycles. The Morgan fingerprint density at radius 3 is 2.27 bits per heavy atom. The number of rotatable bonds is 4. The lowest BCUT2D eigenvalue weighted by Gasteiger charge is -2.71. The molecule has 0 aromatic carbocycles. The first-order valence-corrected chi connectivity index (χ1v) is 18.3. The van der Waals surface area contributed by atoms with Gasteiger partial charge in [0.2, 0.25) is 5.91 Å². The largest absolute Gasteiger partial charge is 0.462 e. The van der Waals surface area contributed by atoms with E-state index in [1.807, 2.05) is 0 Å². The Hall–Kier alpha value is -1.87. The monoisotopic (exact) mass is 619 g/mol. The van der Waals surface area contributed by atoms with E-state index < -0.39 is 0 Å². The molecule has 8 atom stereocenters. The van der Waals surface area contributed by atoms with Gasteiger partial charge in [0, 0.05) is 51.5 Å². The highest BCUT2D eigenvalue weighted by Crippen LogP contribution is 2.76. The number of nitriles is 1. The lowest BCUT2D eigenvalue weighted by molar-refractivity contribution is -0.212. The van der Waals surface area contributed by atoms with Gasteiger partial charge in [0.15, 0.2) is 0 Å². The molecule has 1 heterocycles. The molecule has 0 aromatic heterocycles. The van der Waals surface area contributed by atoms with Crippen LogP contribution < -0.4 is 0 Å². The highest BCUT2D eigenvalue weighted by atomic mass is 16.5. The van der Waals surface area contributed by atoms with E-state index in [2.05, 4.69) is 70.4 Å². The molecule has 0 aromatic rings. The van der Waals surface area contributed by atoms with Crippen LogP contribution in [-0.4, -0.2) is 60.5 Å². The molecule has 4 saturated carbocycles. The van der Waals surface area contributed by atoms with Crippen LogP contribution in [0.4, 0.5) is 0 Å². The van der Waals surface area contributed by atoms with Crippen LogP contribution in [0.2, 0.25) is 0 Å². The first-order valence-electron chi connectivity index (χ1n) is 18.3. The van der Waals surface area contributed by atoms with Gasteiger partial charge in [0.05, 0.1) is 11.5 Å². The number of carbonyl (C=O) groups is 2. The molecule has 250 valence electrons. The third-order valence-corrected chi connectivity index (χ3v) is 15.5. The van der Waals surface area contributed by atoms with E-state index in [1.165, 1.54) is 12.8 Å². The maximum absolute atomic E-state index is 14.8. The predicted molar refractivity (Wildman–Crippen MR) is 178 cm³/mol. The minimum Gasteiger partial charge on any atom is -0.462 e. The molecule has 0 radical (unpaired) electrons. The van der Waals surface area contributed by atoms with E-state index in [1.54, 1.807) is 12.5 Å². The molecule has 0 bridgehead atoms. The summed E-state index contributed by atoms with van der Waals surface area (Å²) < 4.78 is 5.95. The number of nitrogens with zero attached hydrogens (tertiary/aromatic N) is 3. The lowest BCUT2D eigenvalue weighted by atomic mass is 9.33. The van der Waals surface area contributed by atoms with Crippen LogP contribution in [0.3, 0.4) is 0 Å². The van der Waals surface area contributed by atoms with Crippen LogP contribution in [0.1, 0.15) is 126 Å².